The van der Waals surface area contributed by atoms with Gasteiger partial charge in [-0.05, 0) is 20.3 Å². The molecule has 0 spiro atoms. The van der Waals surface area contributed by atoms with E-state index in [1.165, 1.54) is 11.1 Å². The highest BCUT2D eigenvalue weighted by Crippen LogP contribution is 2.21. The fraction of sp³-hybridized carbons (Fsp3) is 0.625. The number of rotatable bonds is 0. The Hall–Kier alpha value is -0.620. The number of allylic oxidation sites excluding steroid dienone is 1. The standard InChI is InChI=1S/C8H11NOS/c1-6-3-8(4-9)11(10)5-7(6)2/h8H,3,5H2,1-2H3. The van der Waals surface area contributed by atoms with Crippen LogP contribution in [-0.2, 0) is 10.8 Å². The molecule has 0 radical (unpaired) electrons. The van der Waals surface area contributed by atoms with Crippen LogP contribution in [0.15, 0.2) is 11.1 Å². The Bertz CT molecular complexity index is 262. The second-order valence-electron chi connectivity index (χ2n) is 2.91. The van der Waals surface area contributed by atoms with Crippen molar-refractivity contribution in [1.82, 2.24) is 0 Å². The minimum absolute atomic E-state index is 0.265. The molecule has 1 aliphatic heterocycles. The normalized spacial score (nSPS) is 31.7. The molecule has 1 rings (SSSR count). The minimum Gasteiger partial charge on any atom is -0.258 e. The predicted octanol–water partition coefficient (Wildman–Crippen LogP) is 1.37. The molecule has 0 amide bonds. The molecule has 60 valence electrons. The lowest BCUT2D eigenvalue weighted by Crippen LogP contribution is -2.22. The third-order valence-electron chi connectivity index (χ3n) is 2.04. The summed E-state index contributed by atoms with van der Waals surface area (Å²) in [4.78, 5) is 0. The maximum Gasteiger partial charge on any atom is 0.125 e. The molecule has 0 fully saturated rings. The van der Waals surface area contributed by atoms with E-state index in [-0.39, 0.29) is 5.25 Å². The van der Waals surface area contributed by atoms with Gasteiger partial charge in [-0.1, -0.05) is 11.1 Å². The third kappa shape index (κ3) is 1.69. The van der Waals surface area contributed by atoms with E-state index in [1.54, 1.807) is 0 Å². The molecule has 1 heterocycles. The van der Waals surface area contributed by atoms with Crippen LogP contribution in [0.25, 0.3) is 0 Å². The second-order valence-corrected chi connectivity index (χ2v) is 4.53. The first-order valence-electron chi connectivity index (χ1n) is 3.57. The van der Waals surface area contributed by atoms with Crippen molar-refractivity contribution in [2.24, 2.45) is 0 Å². The van der Waals surface area contributed by atoms with Crippen LogP contribution in [0.2, 0.25) is 0 Å². The highest BCUT2D eigenvalue weighted by molar-refractivity contribution is 7.86. The van der Waals surface area contributed by atoms with Crippen LogP contribution in [0.4, 0.5) is 0 Å². The van der Waals surface area contributed by atoms with E-state index in [4.69, 9.17) is 5.26 Å². The summed E-state index contributed by atoms with van der Waals surface area (Å²) < 4.78 is 11.2. The van der Waals surface area contributed by atoms with Gasteiger partial charge in [0.2, 0.25) is 0 Å². The van der Waals surface area contributed by atoms with Crippen LogP contribution in [0, 0.1) is 11.3 Å². The monoisotopic (exact) mass is 169 g/mol. The molecule has 2 nitrogen and oxygen atoms in total. The van der Waals surface area contributed by atoms with Crippen molar-refractivity contribution >= 4 is 10.8 Å². The Morgan fingerprint density at radius 1 is 1.55 bits per heavy atom. The molecule has 0 aromatic carbocycles. The summed E-state index contributed by atoms with van der Waals surface area (Å²) >= 11 is 0. The van der Waals surface area contributed by atoms with Crippen LogP contribution >= 0.6 is 0 Å². The molecule has 0 saturated carbocycles. The first-order chi connectivity index (χ1) is 5.15. The predicted molar refractivity (Wildman–Crippen MR) is 45.4 cm³/mol. The number of nitriles is 1. The van der Waals surface area contributed by atoms with E-state index in [1.807, 2.05) is 13.8 Å². The molecular formula is C8H11NOS. The van der Waals surface area contributed by atoms with Gasteiger partial charge in [0.15, 0.2) is 0 Å². The fourth-order valence-electron chi connectivity index (χ4n) is 1.09. The summed E-state index contributed by atoms with van der Waals surface area (Å²) in [5, 5.41) is 8.33. The third-order valence-corrected chi connectivity index (χ3v) is 3.66. The van der Waals surface area contributed by atoms with Crippen molar-refractivity contribution < 1.29 is 4.21 Å². The van der Waals surface area contributed by atoms with E-state index in [0.29, 0.717) is 12.2 Å². The van der Waals surface area contributed by atoms with E-state index >= 15 is 0 Å². The topological polar surface area (TPSA) is 40.9 Å². The van der Waals surface area contributed by atoms with Crippen LogP contribution in [-0.4, -0.2) is 15.2 Å². The Morgan fingerprint density at radius 2 is 2.18 bits per heavy atom. The molecule has 0 aromatic heterocycles. The number of hydrogen-bond donors (Lipinski definition) is 0. The average Bonchev–Trinajstić information content (AvgIpc) is 1.97. The SMILES string of the molecule is CC1=C(C)CS(=O)C(C#N)C1. The van der Waals surface area contributed by atoms with E-state index < -0.39 is 10.8 Å². The van der Waals surface area contributed by atoms with Gasteiger partial charge < -0.3 is 0 Å². The van der Waals surface area contributed by atoms with Crippen LogP contribution in [0.3, 0.4) is 0 Å². The average molecular weight is 169 g/mol. The van der Waals surface area contributed by atoms with E-state index in [9.17, 15) is 4.21 Å². The van der Waals surface area contributed by atoms with Crippen molar-refractivity contribution in [3.63, 3.8) is 0 Å². The summed E-state index contributed by atoms with van der Waals surface area (Å²) in [6, 6.07) is 2.07. The Balaban J connectivity index is 2.85. The van der Waals surface area contributed by atoms with Gasteiger partial charge in [0.05, 0.1) is 6.07 Å². The van der Waals surface area contributed by atoms with Crippen LogP contribution < -0.4 is 0 Å². The highest BCUT2D eigenvalue weighted by atomic mass is 32.2. The van der Waals surface area contributed by atoms with Gasteiger partial charge in [-0.15, -0.1) is 0 Å². The van der Waals surface area contributed by atoms with Gasteiger partial charge in [-0.2, -0.15) is 5.26 Å². The lowest BCUT2D eigenvalue weighted by molar-refractivity contribution is 0.675. The molecule has 1 aliphatic rings. The van der Waals surface area contributed by atoms with Crippen molar-refractivity contribution in [3.8, 4) is 6.07 Å². The van der Waals surface area contributed by atoms with Gasteiger partial charge in [0.1, 0.15) is 5.25 Å². The molecule has 2 unspecified atom stereocenters. The molecule has 3 heteroatoms. The Labute approximate surface area is 69.4 Å². The largest absolute Gasteiger partial charge is 0.258 e. The van der Waals surface area contributed by atoms with Crippen molar-refractivity contribution in [3.05, 3.63) is 11.1 Å². The van der Waals surface area contributed by atoms with Crippen molar-refractivity contribution in [1.29, 1.82) is 5.26 Å². The Kier molecular flexibility index (Phi) is 2.45. The van der Waals surface area contributed by atoms with Crippen LogP contribution in [0.5, 0.6) is 0 Å². The van der Waals surface area contributed by atoms with Gasteiger partial charge in [0.25, 0.3) is 0 Å². The first-order valence-corrected chi connectivity index (χ1v) is 4.95. The van der Waals surface area contributed by atoms with Crippen molar-refractivity contribution in [2.75, 3.05) is 5.75 Å². The maximum absolute atomic E-state index is 11.2. The van der Waals surface area contributed by atoms with Gasteiger partial charge >= 0.3 is 0 Å². The molecular weight excluding hydrogens is 158 g/mol. The summed E-state index contributed by atoms with van der Waals surface area (Å²) in [6.07, 6.45) is 0.689. The zero-order valence-electron chi connectivity index (χ0n) is 6.76. The van der Waals surface area contributed by atoms with E-state index in [0.717, 1.165) is 0 Å². The number of hydrogen-bond acceptors (Lipinski definition) is 2. The zero-order chi connectivity index (χ0) is 8.43. The summed E-state index contributed by atoms with van der Waals surface area (Å²) in [5.74, 6) is 0.587. The maximum atomic E-state index is 11.2. The highest BCUT2D eigenvalue weighted by Gasteiger charge is 2.22. The number of nitrogens with zero attached hydrogens (tertiary/aromatic N) is 1. The minimum atomic E-state index is -0.948. The summed E-state index contributed by atoms with van der Waals surface area (Å²) in [6.45, 7) is 4.00. The molecule has 0 bridgehead atoms. The smallest absolute Gasteiger partial charge is 0.125 e. The lowest BCUT2D eigenvalue weighted by atomic mass is 10.1. The molecule has 0 aromatic rings. The van der Waals surface area contributed by atoms with Crippen molar-refractivity contribution in [2.45, 2.75) is 25.5 Å². The molecule has 0 aliphatic carbocycles. The van der Waals surface area contributed by atoms with E-state index in [2.05, 4.69) is 6.07 Å². The lowest BCUT2D eigenvalue weighted by Gasteiger charge is -2.18. The van der Waals surface area contributed by atoms with Gasteiger partial charge in [-0.25, -0.2) is 0 Å². The quantitative estimate of drug-likeness (QED) is 0.514. The molecule has 0 N–H and O–H groups in total. The molecule has 11 heavy (non-hydrogen) atoms. The summed E-state index contributed by atoms with van der Waals surface area (Å²) in [7, 11) is -0.948. The molecule has 0 saturated heterocycles. The van der Waals surface area contributed by atoms with Gasteiger partial charge in [0, 0.05) is 16.6 Å². The zero-order valence-corrected chi connectivity index (χ0v) is 7.57. The first kappa shape index (κ1) is 8.48. The summed E-state index contributed by atoms with van der Waals surface area (Å²) in [5.41, 5.74) is 2.42. The van der Waals surface area contributed by atoms with Crippen LogP contribution in [0.1, 0.15) is 20.3 Å². The Morgan fingerprint density at radius 3 is 2.73 bits per heavy atom. The molecule has 2 atom stereocenters. The fourth-order valence-corrected chi connectivity index (χ4v) is 2.51. The second kappa shape index (κ2) is 3.19. The van der Waals surface area contributed by atoms with Gasteiger partial charge in [-0.3, -0.25) is 4.21 Å².